The summed E-state index contributed by atoms with van der Waals surface area (Å²) < 4.78 is 4.04. The third-order valence-electron chi connectivity index (χ3n) is 9.33. The van der Waals surface area contributed by atoms with Crippen LogP contribution in [0, 0.1) is 5.92 Å². The van der Waals surface area contributed by atoms with E-state index in [1.807, 2.05) is 89.3 Å². The second kappa shape index (κ2) is 12.8. The fraction of sp³-hybridized carbons (Fsp3) is 0.116. The number of nitrogens with zero attached hydrogens (tertiary/aromatic N) is 5. The van der Waals surface area contributed by atoms with Gasteiger partial charge in [0.1, 0.15) is 0 Å². The predicted molar refractivity (Wildman–Crippen MR) is 203 cm³/mol. The molecule has 0 N–H and O–H groups in total. The molecular formula is C43H37N5O. The van der Waals surface area contributed by atoms with Crippen LogP contribution >= 0.6 is 0 Å². The molecule has 1 unspecified atom stereocenters. The molecular weight excluding hydrogens is 603 g/mol. The lowest BCUT2D eigenvalue weighted by Gasteiger charge is -2.25. The SMILES string of the molecule is CCC(C)Cn1c2ccc(N(c3ccccc3)c3ccccc3)cc2n2c(=O)c3cc(N(c4ccccc4)c4ccccc4)ccc3nc12. The number of aromatic nitrogens is 3. The van der Waals surface area contributed by atoms with Gasteiger partial charge < -0.3 is 14.4 Å². The second-order valence-corrected chi connectivity index (χ2v) is 12.6. The van der Waals surface area contributed by atoms with Crippen molar-refractivity contribution in [3.8, 4) is 0 Å². The molecule has 0 fully saturated rings. The average Bonchev–Trinajstić information content (AvgIpc) is 3.46. The highest BCUT2D eigenvalue weighted by Gasteiger charge is 2.21. The summed E-state index contributed by atoms with van der Waals surface area (Å²) >= 11 is 0. The molecule has 0 radical (unpaired) electrons. The molecule has 0 aliphatic heterocycles. The van der Waals surface area contributed by atoms with Crippen LogP contribution in [0.4, 0.5) is 34.1 Å². The Morgan fingerprint density at radius 3 is 1.53 bits per heavy atom. The number of anilines is 6. The Morgan fingerprint density at radius 2 is 1.04 bits per heavy atom. The van der Waals surface area contributed by atoms with Crippen LogP contribution in [0.3, 0.4) is 0 Å². The van der Waals surface area contributed by atoms with Crippen molar-refractivity contribution in [3.05, 3.63) is 168 Å². The molecule has 0 aliphatic rings. The van der Waals surface area contributed by atoms with Gasteiger partial charge in [0, 0.05) is 40.7 Å². The maximum atomic E-state index is 14.8. The van der Waals surface area contributed by atoms with Crippen molar-refractivity contribution in [2.75, 3.05) is 9.80 Å². The largest absolute Gasteiger partial charge is 0.310 e. The first kappa shape index (κ1) is 30.2. The van der Waals surface area contributed by atoms with Gasteiger partial charge in [-0.05, 0) is 90.8 Å². The van der Waals surface area contributed by atoms with E-state index in [1.165, 1.54) is 0 Å². The molecule has 0 saturated carbocycles. The lowest BCUT2D eigenvalue weighted by atomic mass is 10.1. The monoisotopic (exact) mass is 639 g/mol. The Labute approximate surface area is 285 Å². The van der Waals surface area contributed by atoms with Gasteiger partial charge in [0.15, 0.2) is 0 Å². The summed E-state index contributed by atoms with van der Waals surface area (Å²) in [6.45, 7) is 5.21. The van der Waals surface area contributed by atoms with Gasteiger partial charge in [-0.25, -0.2) is 9.38 Å². The molecule has 1 atom stereocenters. The lowest BCUT2D eigenvalue weighted by Crippen LogP contribution is -2.17. The van der Waals surface area contributed by atoms with Gasteiger partial charge in [0.25, 0.3) is 5.56 Å². The zero-order valence-corrected chi connectivity index (χ0v) is 27.6. The van der Waals surface area contributed by atoms with Crippen molar-refractivity contribution in [2.24, 2.45) is 5.92 Å². The molecule has 6 nitrogen and oxygen atoms in total. The van der Waals surface area contributed by atoms with Crippen LogP contribution in [-0.4, -0.2) is 14.0 Å². The summed E-state index contributed by atoms with van der Waals surface area (Å²) in [6.07, 6.45) is 1.02. The van der Waals surface area contributed by atoms with Gasteiger partial charge in [-0.15, -0.1) is 0 Å². The molecule has 8 rings (SSSR count). The fourth-order valence-electron chi connectivity index (χ4n) is 6.69. The number of hydrogen-bond acceptors (Lipinski definition) is 4. The van der Waals surface area contributed by atoms with Gasteiger partial charge in [0.05, 0.1) is 21.9 Å². The predicted octanol–water partition coefficient (Wildman–Crippen LogP) is 10.8. The Kier molecular flexibility index (Phi) is 7.90. The summed E-state index contributed by atoms with van der Waals surface area (Å²) in [5.74, 6) is 1.07. The zero-order valence-electron chi connectivity index (χ0n) is 27.6. The minimum absolute atomic E-state index is 0.0843. The lowest BCUT2D eigenvalue weighted by molar-refractivity contribution is 0.481. The normalized spacial score (nSPS) is 12.0. The summed E-state index contributed by atoms with van der Waals surface area (Å²) in [5, 5.41) is 0.572. The second-order valence-electron chi connectivity index (χ2n) is 12.6. The fourth-order valence-corrected chi connectivity index (χ4v) is 6.69. The van der Waals surface area contributed by atoms with Crippen LogP contribution in [0.2, 0.25) is 0 Å². The minimum Gasteiger partial charge on any atom is -0.310 e. The Balaban J connectivity index is 1.38. The van der Waals surface area contributed by atoms with Crippen molar-refractivity contribution in [2.45, 2.75) is 26.8 Å². The highest BCUT2D eigenvalue weighted by molar-refractivity contribution is 5.92. The van der Waals surface area contributed by atoms with E-state index in [1.54, 1.807) is 0 Å². The van der Waals surface area contributed by atoms with E-state index in [9.17, 15) is 4.79 Å². The Bertz CT molecular complexity index is 2360. The minimum atomic E-state index is -0.0843. The quantitative estimate of drug-likeness (QED) is 0.158. The third-order valence-corrected chi connectivity index (χ3v) is 9.33. The molecule has 0 amide bonds. The topological polar surface area (TPSA) is 45.8 Å². The van der Waals surface area contributed by atoms with Crippen molar-refractivity contribution >= 4 is 61.8 Å². The van der Waals surface area contributed by atoms with Crippen LogP contribution < -0.4 is 15.4 Å². The van der Waals surface area contributed by atoms with Crippen LogP contribution in [0.5, 0.6) is 0 Å². The first-order valence-corrected chi connectivity index (χ1v) is 16.9. The average molecular weight is 640 g/mol. The summed E-state index contributed by atoms with van der Waals surface area (Å²) in [7, 11) is 0. The van der Waals surface area contributed by atoms with E-state index in [4.69, 9.17) is 4.98 Å². The Hall–Kier alpha value is -6.14. The van der Waals surface area contributed by atoms with E-state index >= 15 is 0 Å². The molecule has 2 heterocycles. The van der Waals surface area contributed by atoms with Crippen molar-refractivity contribution < 1.29 is 0 Å². The Morgan fingerprint density at radius 1 is 0.571 bits per heavy atom. The van der Waals surface area contributed by atoms with E-state index in [0.717, 1.165) is 58.1 Å². The molecule has 0 spiro atoms. The van der Waals surface area contributed by atoms with E-state index in [2.05, 4.69) is 101 Å². The smallest absolute Gasteiger partial charge is 0.267 e. The molecule has 240 valence electrons. The molecule has 6 aromatic carbocycles. The first-order chi connectivity index (χ1) is 24.1. The van der Waals surface area contributed by atoms with Crippen LogP contribution in [0.25, 0.3) is 27.7 Å². The van der Waals surface area contributed by atoms with Gasteiger partial charge in [-0.2, -0.15) is 0 Å². The molecule has 0 aliphatic carbocycles. The van der Waals surface area contributed by atoms with E-state index in [-0.39, 0.29) is 5.56 Å². The summed E-state index contributed by atoms with van der Waals surface area (Å²) in [4.78, 5) is 24.4. The highest BCUT2D eigenvalue weighted by Crippen LogP contribution is 2.38. The van der Waals surface area contributed by atoms with E-state index < -0.39 is 0 Å². The maximum absolute atomic E-state index is 14.8. The van der Waals surface area contributed by atoms with Crippen molar-refractivity contribution in [1.29, 1.82) is 0 Å². The van der Waals surface area contributed by atoms with Gasteiger partial charge in [0.2, 0.25) is 5.78 Å². The van der Waals surface area contributed by atoms with Crippen LogP contribution in [0.1, 0.15) is 20.3 Å². The van der Waals surface area contributed by atoms with Crippen molar-refractivity contribution in [3.63, 3.8) is 0 Å². The molecule has 0 bridgehead atoms. The number of fused-ring (bicyclic) bond motifs is 4. The molecule has 6 heteroatoms. The number of benzene rings is 6. The molecule has 49 heavy (non-hydrogen) atoms. The third kappa shape index (κ3) is 5.51. The van der Waals surface area contributed by atoms with Gasteiger partial charge >= 0.3 is 0 Å². The number of imidazole rings is 1. The molecule has 0 saturated heterocycles. The summed E-state index contributed by atoms with van der Waals surface area (Å²) in [5.41, 5.74) is 8.38. The van der Waals surface area contributed by atoms with E-state index in [0.29, 0.717) is 22.6 Å². The summed E-state index contributed by atoms with van der Waals surface area (Å²) in [6, 6.07) is 53.6. The molecule has 8 aromatic rings. The van der Waals surface area contributed by atoms with Crippen LogP contribution in [0.15, 0.2) is 163 Å². The van der Waals surface area contributed by atoms with Gasteiger partial charge in [-0.3, -0.25) is 4.79 Å². The maximum Gasteiger partial charge on any atom is 0.267 e. The van der Waals surface area contributed by atoms with Crippen molar-refractivity contribution in [1.82, 2.24) is 14.0 Å². The number of rotatable bonds is 9. The molecule has 2 aromatic heterocycles. The number of hydrogen-bond donors (Lipinski definition) is 0. The number of para-hydroxylation sites is 4. The zero-order chi connectivity index (χ0) is 33.3. The highest BCUT2D eigenvalue weighted by atomic mass is 16.1. The standard InChI is InChI=1S/C43H37N5O/c1-3-31(2)30-45-40-27-25-37(47(34-20-12-6-13-21-34)35-22-14-7-15-23-35)29-41(40)48-42(49)38-28-36(24-26-39(38)44-43(45)48)46(32-16-8-4-9-17-32)33-18-10-5-11-19-33/h4-29,31H,3,30H2,1-2H3. The van der Waals surface area contributed by atoms with Gasteiger partial charge in [-0.1, -0.05) is 93.1 Å². The van der Waals surface area contributed by atoms with Crippen LogP contribution in [-0.2, 0) is 6.54 Å². The first-order valence-electron chi connectivity index (χ1n) is 16.9.